The van der Waals surface area contributed by atoms with Gasteiger partial charge in [0.05, 0.1) is 13.3 Å². The van der Waals surface area contributed by atoms with E-state index in [1.54, 1.807) is 18.2 Å². The maximum absolute atomic E-state index is 4.83. The number of hydrogen-bond acceptors (Lipinski definition) is 3. The monoisotopic (exact) mass is 112 g/mol. The van der Waals surface area contributed by atoms with Gasteiger partial charge in [-0.25, -0.2) is 0 Å². The van der Waals surface area contributed by atoms with E-state index in [0.717, 1.165) is 5.88 Å². The number of rotatable bonds is 1. The minimum atomic E-state index is 0.729. The van der Waals surface area contributed by atoms with Crippen LogP contribution in [0.4, 0.5) is 0 Å². The summed E-state index contributed by atoms with van der Waals surface area (Å²) in [6.45, 7) is 2.79. The molecular formula is C5H8N2O. The Hall–Kier alpha value is -0.860. The molecule has 0 bridgehead atoms. The van der Waals surface area contributed by atoms with Crippen LogP contribution in [-0.4, -0.2) is 19.1 Å². The number of hydrogen-bond donors (Lipinski definition) is 1. The van der Waals surface area contributed by atoms with Crippen LogP contribution in [-0.2, 0) is 4.74 Å². The molecule has 0 spiro atoms. The van der Waals surface area contributed by atoms with Gasteiger partial charge in [0, 0.05) is 7.05 Å². The van der Waals surface area contributed by atoms with E-state index in [9.17, 15) is 0 Å². The Bertz CT molecular complexity index is 111. The van der Waals surface area contributed by atoms with Gasteiger partial charge in [-0.2, -0.15) is 0 Å². The van der Waals surface area contributed by atoms with E-state index in [4.69, 9.17) is 4.74 Å². The topological polar surface area (TPSA) is 24.5 Å². The molecule has 0 saturated carbocycles. The summed E-state index contributed by atoms with van der Waals surface area (Å²) in [4.78, 5) is 1.76. The van der Waals surface area contributed by atoms with E-state index in [-0.39, 0.29) is 0 Å². The van der Waals surface area contributed by atoms with Crippen molar-refractivity contribution >= 4 is 0 Å². The smallest absolute Gasteiger partial charge is 0.207 e. The first-order valence-corrected chi connectivity index (χ1v) is 2.33. The molecule has 44 valence electrons. The minimum Gasteiger partial charge on any atom is -0.481 e. The highest BCUT2D eigenvalue weighted by Gasteiger charge is 2.07. The third kappa shape index (κ3) is 0.857. The quantitative estimate of drug-likeness (QED) is 0.515. The zero-order chi connectivity index (χ0) is 5.98. The predicted octanol–water partition coefficient (Wildman–Crippen LogP) is -0.0370. The van der Waals surface area contributed by atoms with Crippen molar-refractivity contribution in [1.29, 1.82) is 0 Å². The molecule has 1 aliphatic heterocycles. The van der Waals surface area contributed by atoms with Crippen LogP contribution in [0, 0.1) is 6.67 Å². The Morgan fingerprint density at radius 2 is 2.62 bits per heavy atom. The second-order valence-corrected chi connectivity index (χ2v) is 1.55. The summed E-state index contributed by atoms with van der Waals surface area (Å²) in [6.07, 6.45) is 1.81. The molecule has 1 heterocycles. The first kappa shape index (κ1) is 5.28. The van der Waals surface area contributed by atoms with Gasteiger partial charge in [0.15, 0.2) is 0 Å². The average Bonchev–Trinajstić information content (AvgIpc) is 2.14. The molecule has 3 heteroatoms. The van der Waals surface area contributed by atoms with Gasteiger partial charge in [-0.15, -0.1) is 0 Å². The maximum Gasteiger partial charge on any atom is 0.207 e. The number of nitrogens with one attached hydrogen (secondary N) is 1. The van der Waals surface area contributed by atoms with Crippen LogP contribution in [0.1, 0.15) is 0 Å². The molecule has 0 aromatic rings. The normalized spacial score (nSPS) is 17.8. The van der Waals surface area contributed by atoms with E-state index in [2.05, 4.69) is 12.0 Å². The summed E-state index contributed by atoms with van der Waals surface area (Å²) in [7, 11) is 3.48. The molecule has 3 nitrogen and oxygen atoms in total. The fourth-order valence-electron chi connectivity index (χ4n) is 0.487. The second kappa shape index (κ2) is 1.94. The van der Waals surface area contributed by atoms with Gasteiger partial charge >= 0.3 is 0 Å². The Morgan fingerprint density at radius 3 is 2.88 bits per heavy atom. The lowest BCUT2D eigenvalue weighted by Crippen LogP contribution is -2.09. The van der Waals surface area contributed by atoms with Crippen LogP contribution in [0.2, 0.25) is 0 Å². The van der Waals surface area contributed by atoms with Crippen LogP contribution < -0.4 is 5.32 Å². The van der Waals surface area contributed by atoms with Crippen molar-refractivity contribution in [3.63, 3.8) is 0 Å². The summed E-state index contributed by atoms with van der Waals surface area (Å²) >= 11 is 0. The van der Waals surface area contributed by atoms with Crippen molar-refractivity contribution in [3.8, 4) is 0 Å². The number of ether oxygens (including phenoxy) is 1. The summed E-state index contributed by atoms with van der Waals surface area (Å²) in [6, 6.07) is 0. The first-order valence-electron chi connectivity index (χ1n) is 2.33. The molecule has 0 saturated heterocycles. The molecule has 0 atom stereocenters. The van der Waals surface area contributed by atoms with E-state index in [1.807, 2.05) is 7.05 Å². The predicted molar refractivity (Wildman–Crippen MR) is 29.2 cm³/mol. The maximum atomic E-state index is 4.83. The van der Waals surface area contributed by atoms with E-state index in [0.29, 0.717) is 0 Å². The molecule has 1 aliphatic rings. The lowest BCUT2D eigenvalue weighted by atomic mass is 10.8. The molecule has 0 fully saturated rings. The van der Waals surface area contributed by atoms with Gasteiger partial charge in [-0.1, -0.05) is 0 Å². The van der Waals surface area contributed by atoms with Crippen LogP contribution in [0.3, 0.4) is 0 Å². The summed E-state index contributed by atoms with van der Waals surface area (Å²) < 4.78 is 4.83. The minimum absolute atomic E-state index is 0.729. The van der Waals surface area contributed by atoms with Gasteiger partial charge in [-0.3, -0.25) is 0 Å². The van der Waals surface area contributed by atoms with Crippen molar-refractivity contribution in [2.75, 3.05) is 14.2 Å². The Balaban J connectivity index is 2.44. The Morgan fingerprint density at radius 1 is 1.88 bits per heavy atom. The highest BCUT2D eigenvalue weighted by atomic mass is 16.5. The number of nitrogens with zero attached hydrogens (tertiary/aromatic N) is 1. The Labute approximate surface area is 48.9 Å². The van der Waals surface area contributed by atoms with E-state index >= 15 is 0 Å². The fraction of sp³-hybridized carbons (Fsp3) is 0.400. The van der Waals surface area contributed by atoms with Crippen molar-refractivity contribution in [2.45, 2.75) is 0 Å². The molecular weight excluding hydrogens is 104 g/mol. The molecule has 1 N–H and O–H groups in total. The first-order chi connectivity index (χ1) is 3.83. The Kier molecular flexibility index (Phi) is 1.28. The van der Waals surface area contributed by atoms with Crippen LogP contribution in [0.15, 0.2) is 12.1 Å². The van der Waals surface area contributed by atoms with Crippen LogP contribution in [0.5, 0.6) is 0 Å². The summed E-state index contributed by atoms with van der Waals surface area (Å²) in [5.41, 5.74) is 0. The largest absolute Gasteiger partial charge is 0.481 e. The zero-order valence-corrected chi connectivity index (χ0v) is 4.93. The highest BCUT2D eigenvalue weighted by molar-refractivity contribution is 5.00. The second-order valence-electron chi connectivity index (χ2n) is 1.55. The molecule has 2 radical (unpaired) electrons. The summed E-state index contributed by atoms with van der Waals surface area (Å²) in [5.74, 6) is 0.729. The van der Waals surface area contributed by atoms with E-state index in [1.165, 1.54) is 0 Å². The molecule has 8 heavy (non-hydrogen) atoms. The molecule has 0 unspecified atom stereocenters. The number of methoxy groups -OCH3 is 1. The molecule has 0 amide bonds. The van der Waals surface area contributed by atoms with Crippen molar-refractivity contribution < 1.29 is 4.74 Å². The molecule has 0 aromatic carbocycles. The van der Waals surface area contributed by atoms with Crippen molar-refractivity contribution in [1.82, 2.24) is 10.2 Å². The molecule has 0 aromatic heterocycles. The standard InChI is InChI=1S/C5H8N2O/c1-7-3-5(8-2)6-4-7/h3,6H,1-2H3. The van der Waals surface area contributed by atoms with Gasteiger partial charge in [0.2, 0.25) is 12.6 Å². The van der Waals surface area contributed by atoms with Gasteiger partial charge < -0.3 is 15.0 Å². The van der Waals surface area contributed by atoms with Gasteiger partial charge in [0.1, 0.15) is 0 Å². The third-order valence-corrected chi connectivity index (χ3v) is 0.886. The zero-order valence-electron chi connectivity index (χ0n) is 4.93. The summed E-state index contributed by atoms with van der Waals surface area (Å²) in [5, 5.41) is 2.77. The SMILES string of the molecule is COC1=CN(C)[C]N1. The van der Waals surface area contributed by atoms with Crippen LogP contribution in [0.25, 0.3) is 0 Å². The van der Waals surface area contributed by atoms with Crippen molar-refractivity contribution in [3.05, 3.63) is 18.8 Å². The third-order valence-electron chi connectivity index (χ3n) is 0.886. The average molecular weight is 112 g/mol. The van der Waals surface area contributed by atoms with Crippen molar-refractivity contribution in [2.24, 2.45) is 0 Å². The lowest BCUT2D eigenvalue weighted by Gasteiger charge is -1.98. The van der Waals surface area contributed by atoms with Crippen LogP contribution >= 0.6 is 0 Å². The highest BCUT2D eigenvalue weighted by Crippen LogP contribution is 2.02. The van der Waals surface area contributed by atoms with E-state index < -0.39 is 0 Å². The molecule has 0 aliphatic carbocycles. The van der Waals surface area contributed by atoms with Gasteiger partial charge in [0.25, 0.3) is 0 Å². The lowest BCUT2D eigenvalue weighted by molar-refractivity contribution is 0.273. The van der Waals surface area contributed by atoms with Gasteiger partial charge in [-0.05, 0) is 0 Å². The molecule has 1 rings (SSSR count). The fourth-order valence-corrected chi connectivity index (χ4v) is 0.487.